The molecule has 2 aromatic carbocycles. The molecule has 0 spiro atoms. The van der Waals surface area contributed by atoms with Gasteiger partial charge in [-0.1, -0.05) is 31.4 Å². The van der Waals surface area contributed by atoms with E-state index >= 15 is 0 Å². The number of rotatable bonds is 6. The van der Waals surface area contributed by atoms with Crippen LogP contribution in [0.25, 0.3) is 0 Å². The van der Waals surface area contributed by atoms with Crippen molar-refractivity contribution in [1.29, 1.82) is 0 Å². The Kier molecular flexibility index (Phi) is 7.07. The Morgan fingerprint density at radius 1 is 0.903 bits per heavy atom. The number of esters is 2. The highest BCUT2D eigenvalue weighted by atomic mass is 16.5. The fraction of sp³-hybridized carbons (Fsp3) is 0.375. The molecule has 2 N–H and O–H groups in total. The number of hydrogen-bond donors (Lipinski definition) is 2. The Morgan fingerprint density at radius 2 is 1.48 bits per heavy atom. The van der Waals surface area contributed by atoms with Crippen molar-refractivity contribution in [2.75, 3.05) is 0 Å². The summed E-state index contributed by atoms with van der Waals surface area (Å²) >= 11 is 0. The summed E-state index contributed by atoms with van der Waals surface area (Å²) in [4.78, 5) is 36.9. The Labute approximate surface area is 181 Å². The highest BCUT2D eigenvalue weighted by molar-refractivity contribution is 5.93. The van der Waals surface area contributed by atoms with Crippen LogP contribution in [0.5, 0.6) is 5.75 Å². The summed E-state index contributed by atoms with van der Waals surface area (Å²) < 4.78 is 10.9. The molecule has 1 amide bonds. The summed E-state index contributed by atoms with van der Waals surface area (Å²) in [5.41, 5.74) is 2.27. The number of ether oxygens (including phenoxy) is 2. The maximum atomic E-state index is 13.3. The molecule has 0 bridgehead atoms. The van der Waals surface area contributed by atoms with Crippen molar-refractivity contribution in [3.8, 4) is 5.75 Å². The monoisotopic (exact) mass is 425 g/mol. The fourth-order valence-corrected chi connectivity index (χ4v) is 3.92. The van der Waals surface area contributed by atoms with E-state index in [1.807, 2.05) is 0 Å². The van der Waals surface area contributed by atoms with Crippen LogP contribution in [0.1, 0.15) is 72.2 Å². The van der Waals surface area contributed by atoms with Crippen molar-refractivity contribution in [2.24, 2.45) is 0 Å². The van der Waals surface area contributed by atoms with Gasteiger partial charge in [-0.15, -0.1) is 0 Å². The van der Waals surface area contributed by atoms with Crippen LogP contribution in [0.3, 0.4) is 0 Å². The number of carbonyl (C=O) groups excluding carboxylic acids is 3. The van der Waals surface area contributed by atoms with E-state index in [1.165, 1.54) is 24.3 Å². The van der Waals surface area contributed by atoms with Gasteiger partial charge in [0.25, 0.3) is 5.91 Å². The summed E-state index contributed by atoms with van der Waals surface area (Å²) in [5.74, 6) is -1.07. The van der Waals surface area contributed by atoms with Gasteiger partial charge in [0, 0.05) is 5.56 Å². The largest absolute Gasteiger partial charge is 0.459 e. The SMILES string of the molecule is CC(C)OC(=O)c1ccc(C2(C(=O)Oc3ccc(C(=O)NO)cc3)CCCCC2)cc1. The molecule has 1 aliphatic carbocycles. The van der Waals surface area contributed by atoms with Crippen molar-refractivity contribution in [2.45, 2.75) is 57.5 Å². The van der Waals surface area contributed by atoms with Crippen molar-refractivity contribution in [3.63, 3.8) is 0 Å². The van der Waals surface area contributed by atoms with Gasteiger partial charge in [0.2, 0.25) is 0 Å². The lowest BCUT2D eigenvalue weighted by atomic mass is 9.69. The number of carbonyl (C=O) groups is 3. The number of benzene rings is 2. The van der Waals surface area contributed by atoms with E-state index in [0.717, 1.165) is 24.8 Å². The van der Waals surface area contributed by atoms with Gasteiger partial charge < -0.3 is 9.47 Å². The molecule has 0 atom stereocenters. The van der Waals surface area contributed by atoms with Crippen LogP contribution < -0.4 is 10.2 Å². The van der Waals surface area contributed by atoms with Crippen LogP contribution in [0.2, 0.25) is 0 Å². The summed E-state index contributed by atoms with van der Waals surface area (Å²) in [5, 5.41) is 8.72. The fourth-order valence-electron chi connectivity index (χ4n) is 3.92. The number of nitrogens with one attached hydrogen (secondary N) is 1. The van der Waals surface area contributed by atoms with Crippen LogP contribution >= 0.6 is 0 Å². The first-order valence-electron chi connectivity index (χ1n) is 10.4. The third kappa shape index (κ3) is 5.11. The molecule has 0 heterocycles. The summed E-state index contributed by atoms with van der Waals surface area (Å²) in [6.45, 7) is 3.59. The molecule has 164 valence electrons. The molecule has 0 aromatic heterocycles. The van der Waals surface area contributed by atoms with E-state index in [1.54, 1.807) is 43.6 Å². The second kappa shape index (κ2) is 9.75. The van der Waals surface area contributed by atoms with E-state index in [0.29, 0.717) is 24.2 Å². The smallest absolute Gasteiger partial charge is 0.338 e. The normalized spacial score (nSPS) is 15.2. The standard InChI is InChI=1S/C24H27NO6/c1-16(2)30-22(27)18-6-10-19(11-7-18)24(14-4-3-5-15-24)23(28)31-20-12-8-17(9-13-20)21(26)25-29/h6-13,16,29H,3-5,14-15H2,1-2H3,(H,25,26). The topological polar surface area (TPSA) is 102 Å². The van der Waals surface area contributed by atoms with Crippen molar-refractivity contribution in [1.82, 2.24) is 5.48 Å². The molecule has 1 saturated carbocycles. The van der Waals surface area contributed by atoms with Crippen LogP contribution in [0.4, 0.5) is 0 Å². The molecule has 7 heteroatoms. The van der Waals surface area contributed by atoms with Crippen LogP contribution in [0, 0.1) is 0 Å². The minimum atomic E-state index is -0.792. The maximum Gasteiger partial charge on any atom is 0.338 e. The van der Waals surface area contributed by atoms with Gasteiger partial charge in [0.1, 0.15) is 5.75 Å². The molecular weight excluding hydrogens is 398 g/mol. The lowest BCUT2D eigenvalue weighted by Gasteiger charge is -2.35. The Balaban J connectivity index is 1.82. The second-order valence-corrected chi connectivity index (χ2v) is 8.03. The molecule has 3 rings (SSSR count). The predicted molar refractivity (Wildman–Crippen MR) is 113 cm³/mol. The van der Waals surface area contributed by atoms with E-state index < -0.39 is 17.3 Å². The number of amides is 1. The Bertz CT molecular complexity index is 928. The molecule has 0 aliphatic heterocycles. The van der Waals surface area contributed by atoms with E-state index in [4.69, 9.17) is 14.7 Å². The van der Waals surface area contributed by atoms with E-state index in [-0.39, 0.29) is 17.6 Å². The summed E-state index contributed by atoms with van der Waals surface area (Å²) in [7, 11) is 0. The maximum absolute atomic E-state index is 13.3. The first kappa shape index (κ1) is 22.5. The quantitative estimate of drug-likeness (QED) is 0.312. The van der Waals surface area contributed by atoms with Crippen LogP contribution in [-0.2, 0) is 14.9 Å². The summed E-state index contributed by atoms with van der Waals surface area (Å²) in [6, 6.07) is 13.0. The van der Waals surface area contributed by atoms with Gasteiger partial charge in [-0.05, 0) is 68.7 Å². The van der Waals surface area contributed by atoms with Crippen molar-refractivity contribution < 1.29 is 29.1 Å². The van der Waals surface area contributed by atoms with Gasteiger partial charge in [0.15, 0.2) is 0 Å². The predicted octanol–water partition coefficient (Wildman–Crippen LogP) is 4.18. The van der Waals surface area contributed by atoms with Crippen LogP contribution in [0.15, 0.2) is 48.5 Å². The van der Waals surface area contributed by atoms with E-state index in [9.17, 15) is 14.4 Å². The van der Waals surface area contributed by atoms with Crippen LogP contribution in [-0.4, -0.2) is 29.2 Å². The van der Waals surface area contributed by atoms with E-state index in [2.05, 4.69) is 0 Å². The highest BCUT2D eigenvalue weighted by Gasteiger charge is 2.43. The van der Waals surface area contributed by atoms with Gasteiger partial charge in [0.05, 0.1) is 17.1 Å². The zero-order valence-corrected chi connectivity index (χ0v) is 17.7. The summed E-state index contributed by atoms with van der Waals surface area (Å²) in [6.07, 6.45) is 3.98. The zero-order chi connectivity index (χ0) is 22.4. The molecular formula is C24H27NO6. The first-order valence-corrected chi connectivity index (χ1v) is 10.4. The Hall–Kier alpha value is -3.19. The molecule has 31 heavy (non-hydrogen) atoms. The molecule has 0 unspecified atom stereocenters. The third-order valence-electron chi connectivity index (χ3n) is 5.54. The zero-order valence-electron chi connectivity index (χ0n) is 17.7. The third-order valence-corrected chi connectivity index (χ3v) is 5.54. The first-order chi connectivity index (χ1) is 14.9. The molecule has 2 aromatic rings. The van der Waals surface area contributed by atoms with Gasteiger partial charge >= 0.3 is 11.9 Å². The lowest BCUT2D eigenvalue weighted by Crippen LogP contribution is -2.41. The lowest BCUT2D eigenvalue weighted by molar-refractivity contribution is -0.142. The number of hydrogen-bond acceptors (Lipinski definition) is 6. The van der Waals surface area contributed by atoms with Crippen molar-refractivity contribution in [3.05, 3.63) is 65.2 Å². The molecule has 0 saturated heterocycles. The average molecular weight is 425 g/mol. The molecule has 0 radical (unpaired) electrons. The Morgan fingerprint density at radius 3 is 2.03 bits per heavy atom. The second-order valence-electron chi connectivity index (χ2n) is 8.03. The molecule has 1 aliphatic rings. The van der Waals surface area contributed by atoms with Gasteiger partial charge in [-0.3, -0.25) is 14.8 Å². The van der Waals surface area contributed by atoms with Gasteiger partial charge in [-0.25, -0.2) is 10.3 Å². The molecule has 1 fully saturated rings. The van der Waals surface area contributed by atoms with Crippen molar-refractivity contribution >= 4 is 17.8 Å². The minimum absolute atomic E-state index is 0.207. The number of hydroxylamine groups is 1. The minimum Gasteiger partial charge on any atom is -0.459 e. The molecule has 7 nitrogen and oxygen atoms in total. The van der Waals surface area contributed by atoms with Gasteiger partial charge in [-0.2, -0.15) is 0 Å². The average Bonchev–Trinajstić information content (AvgIpc) is 2.79. The highest BCUT2D eigenvalue weighted by Crippen LogP contribution is 2.41.